The number of rotatable bonds is 5. The number of non-ortho nitro benzene ring substituents is 1. The standard InChI is InChI=1S/C21H22N4O5S/c1-11-2-5-14-16(8-11)31-21(19(14)20(22)28)23-17(26)10-24-15-6-4-13(25(29)30)9-12(15)3-7-18(24)27/h4,6,9,11H,2-3,5,7-8,10H2,1H3,(H2,22,28)(H,23,26). The predicted octanol–water partition coefficient (Wildman–Crippen LogP) is 2.80. The Labute approximate surface area is 182 Å². The average molecular weight is 442 g/mol. The van der Waals surface area contributed by atoms with Gasteiger partial charge in [0.25, 0.3) is 11.6 Å². The molecular formula is C21H22N4O5S. The number of fused-ring (bicyclic) bond motifs is 2. The molecule has 0 radical (unpaired) electrons. The van der Waals surface area contributed by atoms with E-state index in [9.17, 15) is 24.5 Å². The van der Waals surface area contributed by atoms with Crippen LogP contribution in [0.1, 0.15) is 46.1 Å². The van der Waals surface area contributed by atoms with Gasteiger partial charge in [0.1, 0.15) is 11.5 Å². The summed E-state index contributed by atoms with van der Waals surface area (Å²) in [6.45, 7) is 1.90. The van der Waals surface area contributed by atoms with E-state index >= 15 is 0 Å². The van der Waals surface area contributed by atoms with Gasteiger partial charge in [0, 0.05) is 29.1 Å². The van der Waals surface area contributed by atoms with E-state index in [2.05, 4.69) is 12.2 Å². The third-order valence-electron chi connectivity index (χ3n) is 5.79. The minimum atomic E-state index is -0.575. The molecule has 31 heavy (non-hydrogen) atoms. The van der Waals surface area contributed by atoms with Crippen LogP contribution in [-0.2, 0) is 28.9 Å². The van der Waals surface area contributed by atoms with Crippen molar-refractivity contribution in [2.45, 2.75) is 39.0 Å². The fraction of sp³-hybridized carbons (Fsp3) is 0.381. The highest BCUT2D eigenvalue weighted by Crippen LogP contribution is 2.39. The first-order valence-corrected chi connectivity index (χ1v) is 10.9. The van der Waals surface area contributed by atoms with Gasteiger partial charge < -0.3 is 16.0 Å². The zero-order valence-corrected chi connectivity index (χ0v) is 17.8. The molecule has 3 amide bonds. The Hall–Kier alpha value is -3.27. The topological polar surface area (TPSA) is 136 Å². The third-order valence-corrected chi connectivity index (χ3v) is 6.96. The molecule has 0 bridgehead atoms. The lowest BCUT2D eigenvalue weighted by Gasteiger charge is -2.28. The minimum absolute atomic E-state index is 0.0537. The van der Waals surface area contributed by atoms with Crippen LogP contribution in [-0.4, -0.2) is 29.2 Å². The molecule has 10 heteroatoms. The zero-order chi connectivity index (χ0) is 22.3. The quantitative estimate of drug-likeness (QED) is 0.542. The zero-order valence-electron chi connectivity index (χ0n) is 17.0. The molecule has 2 heterocycles. The Morgan fingerprint density at radius 1 is 1.32 bits per heavy atom. The fourth-order valence-corrected chi connectivity index (χ4v) is 5.67. The summed E-state index contributed by atoms with van der Waals surface area (Å²) in [6, 6.07) is 4.26. The van der Waals surface area contributed by atoms with Crippen molar-refractivity contribution in [2.75, 3.05) is 16.8 Å². The van der Waals surface area contributed by atoms with Crippen LogP contribution in [0.15, 0.2) is 18.2 Å². The van der Waals surface area contributed by atoms with Crippen molar-refractivity contribution in [3.63, 3.8) is 0 Å². The van der Waals surface area contributed by atoms with Gasteiger partial charge in [0.05, 0.1) is 10.5 Å². The highest BCUT2D eigenvalue weighted by atomic mass is 32.1. The van der Waals surface area contributed by atoms with Gasteiger partial charge in [-0.3, -0.25) is 24.5 Å². The molecule has 2 aromatic rings. The molecule has 0 spiro atoms. The second-order valence-corrected chi connectivity index (χ2v) is 9.12. The van der Waals surface area contributed by atoms with E-state index < -0.39 is 16.7 Å². The third kappa shape index (κ3) is 4.02. The van der Waals surface area contributed by atoms with E-state index in [1.807, 2.05) is 0 Å². The van der Waals surface area contributed by atoms with Crippen molar-refractivity contribution in [3.05, 3.63) is 49.9 Å². The number of nitrogens with one attached hydrogen (secondary N) is 1. The van der Waals surface area contributed by atoms with Crippen LogP contribution in [0.2, 0.25) is 0 Å². The van der Waals surface area contributed by atoms with Gasteiger partial charge in [-0.05, 0) is 48.8 Å². The minimum Gasteiger partial charge on any atom is -0.365 e. The maximum atomic E-state index is 12.8. The maximum absolute atomic E-state index is 12.8. The average Bonchev–Trinajstić information content (AvgIpc) is 3.06. The van der Waals surface area contributed by atoms with Crippen LogP contribution in [0.5, 0.6) is 0 Å². The summed E-state index contributed by atoms with van der Waals surface area (Å²) >= 11 is 1.36. The van der Waals surface area contributed by atoms with Crippen molar-refractivity contribution >= 4 is 45.4 Å². The first-order chi connectivity index (χ1) is 14.7. The summed E-state index contributed by atoms with van der Waals surface area (Å²) in [4.78, 5) is 50.3. The van der Waals surface area contributed by atoms with Crippen LogP contribution in [0, 0.1) is 16.0 Å². The van der Waals surface area contributed by atoms with Crippen LogP contribution >= 0.6 is 11.3 Å². The van der Waals surface area contributed by atoms with Gasteiger partial charge in [0.2, 0.25) is 11.8 Å². The lowest BCUT2D eigenvalue weighted by atomic mass is 9.88. The molecule has 1 unspecified atom stereocenters. The Bertz CT molecular complexity index is 1110. The molecular weight excluding hydrogens is 420 g/mol. The van der Waals surface area contributed by atoms with Gasteiger partial charge in [-0.25, -0.2) is 0 Å². The molecule has 4 rings (SSSR count). The van der Waals surface area contributed by atoms with E-state index in [1.54, 1.807) is 0 Å². The van der Waals surface area contributed by atoms with E-state index in [0.717, 1.165) is 29.7 Å². The molecule has 0 fully saturated rings. The lowest BCUT2D eigenvalue weighted by molar-refractivity contribution is -0.384. The number of amides is 3. The summed E-state index contributed by atoms with van der Waals surface area (Å²) in [5.74, 6) is -0.754. The molecule has 0 saturated carbocycles. The van der Waals surface area contributed by atoms with Gasteiger partial charge in [0.15, 0.2) is 0 Å². The van der Waals surface area contributed by atoms with Crippen LogP contribution < -0.4 is 16.0 Å². The van der Waals surface area contributed by atoms with Crippen LogP contribution in [0.25, 0.3) is 0 Å². The Balaban J connectivity index is 1.57. The molecule has 0 saturated heterocycles. The SMILES string of the molecule is CC1CCc2c(sc(NC(=O)CN3C(=O)CCc4cc([N+](=O)[O-])ccc43)c2C(N)=O)C1. The lowest BCUT2D eigenvalue weighted by Crippen LogP contribution is -2.41. The van der Waals surface area contributed by atoms with E-state index in [1.165, 1.54) is 34.4 Å². The molecule has 1 aliphatic carbocycles. The van der Waals surface area contributed by atoms with Gasteiger partial charge >= 0.3 is 0 Å². The molecule has 1 aromatic carbocycles. The number of nitrogens with zero attached hydrogens (tertiary/aromatic N) is 2. The van der Waals surface area contributed by atoms with Gasteiger partial charge in [-0.1, -0.05) is 6.92 Å². The summed E-state index contributed by atoms with van der Waals surface area (Å²) in [5, 5.41) is 14.2. The smallest absolute Gasteiger partial charge is 0.269 e. The molecule has 2 aliphatic rings. The summed E-state index contributed by atoms with van der Waals surface area (Å²) in [7, 11) is 0. The number of carbonyl (C=O) groups excluding carboxylic acids is 3. The molecule has 3 N–H and O–H groups in total. The summed E-state index contributed by atoms with van der Waals surface area (Å²) in [6.07, 6.45) is 3.10. The second kappa shape index (κ2) is 8.10. The normalized spacial score (nSPS) is 17.6. The fourth-order valence-electron chi connectivity index (χ4n) is 4.24. The van der Waals surface area contributed by atoms with E-state index in [4.69, 9.17) is 5.73 Å². The Kier molecular flexibility index (Phi) is 5.48. The number of primary amides is 1. The molecule has 9 nitrogen and oxygen atoms in total. The van der Waals surface area contributed by atoms with Crippen molar-refractivity contribution in [3.8, 4) is 0 Å². The number of aryl methyl sites for hydroxylation is 1. The van der Waals surface area contributed by atoms with Crippen LogP contribution in [0.4, 0.5) is 16.4 Å². The first kappa shape index (κ1) is 21.0. The van der Waals surface area contributed by atoms with Crippen molar-refractivity contribution in [1.29, 1.82) is 0 Å². The van der Waals surface area contributed by atoms with Gasteiger partial charge in [-0.15, -0.1) is 11.3 Å². The van der Waals surface area contributed by atoms with Crippen molar-refractivity contribution in [1.82, 2.24) is 0 Å². The number of benzene rings is 1. The van der Waals surface area contributed by atoms with Gasteiger partial charge in [-0.2, -0.15) is 0 Å². The summed E-state index contributed by atoms with van der Waals surface area (Å²) in [5.41, 5.74) is 7.97. The summed E-state index contributed by atoms with van der Waals surface area (Å²) < 4.78 is 0. The molecule has 162 valence electrons. The highest BCUT2D eigenvalue weighted by molar-refractivity contribution is 7.17. The number of anilines is 2. The number of thiophene rings is 1. The monoisotopic (exact) mass is 442 g/mol. The molecule has 1 aromatic heterocycles. The second-order valence-electron chi connectivity index (χ2n) is 8.02. The number of nitrogens with two attached hydrogens (primary N) is 1. The Morgan fingerprint density at radius 2 is 2.10 bits per heavy atom. The van der Waals surface area contributed by atoms with E-state index in [-0.39, 0.29) is 24.6 Å². The predicted molar refractivity (Wildman–Crippen MR) is 116 cm³/mol. The Morgan fingerprint density at radius 3 is 2.81 bits per heavy atom. The first-order valence-electron chi connectivity index (χ1n) is 10.1. The number of nitro benzene ring substituents is 1. The largest absolute Gasteiger partial charge is 0.365 e. The maximum Gasteiger partial charge on any atom is 0.269 e. The number of nitro groups is 1. The van der Waals surface area contributed by atoms with Crippen LogP contribution in [0.3, 0.4) is 0 Å². The number of hydrogen-bond acceptors (Lipinski definition) is 6. The van der Waals surface area contributed by atoms with Crippen molar-refractivity contribution in [2.24, 2.45) is 11.7 Å². The number of hydrogen-bond donors (Lipinski definition) is 2. The molecule has 1 aliphatic heterocycles. The highest BCUT2D eigenvalue weighted by Gasteiger charge is 2.30. The number of carbonyl (C=O) groups is 3. The molecule has 1 atom stereocenters. The van der Waals surface area contributed by atoms with Crippen molar-refractivity contribution < 1.29 is 19.3 Å². The van der Waals surface area contributed by atoms with E-state index in [0.29, 0.717) is 34.2 Å².